The minimum Gasteiger partial charge on any atom is -0.314 e. The summed E-state index contributed by atoms with van der Waals surface area (Å²) < 4.78 is 0. The van der Waals surface area contributed by atoms with Gasteiger partial charge in [0.1, 0.15) is 0 Å². The normalized spacial score (nSPS) is 12.8. The summed E-state index contributed by atoms with van der Waals surface area (Å²) in [4.78, 5) is 0. The van der Waals surface area contributed by atoms with Gasteiger partial charge in [-0.3, -0.25) is 0 Å². The molecule has 0 aliphatic carbocycles. The van der Waals surface area contributed by atoms with Gasteiger partial charge < -0.3 is 5.32 Å². The van der Waals surface area contributed by atoms with Gasteiger partial charge in [-0.2, -0.15) is 0 Å². The Bertz CT molecular complexity index is 129. The van der Waals surface area contributed by atoms with Gasteiger partial charge in [0.25, 0.3) is 0 Å². The average molecular weight is 183 g/mol. The quantitative estimate of drug-likeness (QED) is 0.568. The molecule has 1 N–H and O–H groups in total. The number of hydrogen-bond acceptors (Lipinski definition) is 1. The summed E-state index contributed by atoms with van der Waals surface area (Å²) in [5, 5.41) is 3.56. The standard InChI is InChI=1S/C12H25N/c1-5-10-13-12(6-2)9-7-8-11(3)4/h12-13H,3,5-10H2,1-2,4H3. The molecule has 0 aliphatic heterocycles. The van der Waals surface area contributed by atoms with Gasteiger partial charge in [0.15, 0.2) is 0 Å². The molecule has 0 rings (SSSR count). The van der Waals surface area contributed by atoms with E-state index in [1.807, 2.05) is 0 Å². The van der Waals surface area contributed by atoms with E-state index in [-0.39, 0.29) is 0 Å². The summed E-state index contributed by atoms with van der Waals surface area (Å²) in [6, 6.07) is 0.722. The summed E-state index contributed by atoms with van der Waals surface area (Å²) >= 11 is 0. The predicted octanol–water partition coefficient (Wildman–Crippen LogP) is 3.51. The minimum atomic E-state index is 0.722. The fourth-order valence-corrected chi connectivity index (χ4v) is 1.45. The zero-order chi connectivity index (χ0) is 10.1. The molecule has 0 heterocycles. The Kier molecular flexibility index (Phi) is 8.11. The molecule has 0 bridgehead atoms. The third-order valence-electron chi connectivity index (χ3n) is 2.33. The molecule has 1 unspecified atom stereocenters. The van der Waals surface area contributed by atoms with E-state index >= 15 is 0 Å². The Hall–Kier alpha value is -0.300. The molecule has 0 aromatic heterocycles. The van der Waals surface area contributed by atoms with Gasteiger partial charge in [-0.15, -0.1) is 6.58 Å². The van der Waals surface area contributed by atoms with Gasteiger partial charge >= 0.3 is 0 Å². The summed E-state index contributed by atoms with van der Waals surface area (Å²) in [5.74, 6) is 0. The maximum Gasteiger partial charge on any atom is 0.00645 e. The lowest BCUT2D eigenvalue weighted by atomic mass is 10.0. The van der Waals surface area contributed by atoms with E-state index in [0.29, 0.717) is 0 Å². The van der Waals surface area contributed by atoms with E-state index < -0.39 is 0 Å². The van der Waals surface area contributed by atoms with Gasteiger partial charge in [0.2, 0.25) is 0 Å². The van der Waals surface area contributed by atoms with Gasteiger partial charge in [-0.25, -0.2) is 0 Å². The zero-order valence-electron chi connectivity index (χ0n) is 9.53. The van der Waals surface area contributed by atoms with Crippen molar-refractivity contribution in [2.75, 3.05) is 6.54 Å². The van der Waals surface area contributed by atoms with Gasteiger partial charge in [-0.1, -0.05) is 19.4 Å². The molecule has 0 amide bonds. The molecule has 0 spiro atoms. The van der Waals surface area contributed by atoms with Crippen LogP contribution in [0.2, 0.25) is 0 Å². The SMILES string of the molecule is C=C(C)CCCC(CC)NCCC. The summed E-state index contributed by atoms with van der Waals surface area (Å²) in [6.45, 7) is 11.7. The van der Waals surface area contributed by atoms with Crippen LogP contribution in [-0.4, -0.2) is 12.6 Å². The maximum atomic E-state index is 3.92. The molecule has 0 aliphatic rings. The van der Waals surface area contributed by atoms with Crippen LogP contribution in [0.4, 0.5) is 0 Å². The van der Waals surface area contributed by atoms with Crippen molar-refractivity contribution in [2.45, 2.75) is 58.9 Å². The zero-order valence-corrected chi connectivity index (χ0v) is 9.53. The maximum absolute atomic E-state index is 3.92. The Labute approximate surface area is 83.6 Å². The van der Waals surface area contributed by atoms with Crippen molar-refractivity contribution in [1.82, 2.24) is 5.32 Å². The number of hydrogen-bond donors (Lipinski definition) is 1. The van der Waals surface area contributed by atoms with Gasteiger partial charge in [0, 0.05) is 6.04 Å². The highest BCUT2D eigenvalue weighted by Crippen LogP contribution is 2.08. The first-order chi connectivity index (χ1) is 6.20. The molecule has 1 heteroatoms. The molecule has 0 fully saturated rings. The second kappa shape index (κ2) is 8.31. The van der Waals surface area contributed by atoms with Crippen molar-refractivity contribution in [3.05, 3.63) is 12.2 Å². The topological polar surface area (TPSA) is 12.0 Å². The minimum absolute atomic E-state index is 0.722. The van der Waals surface area contributed by atoms with Crippen LogP contribution in [0, 0.1) is 0 Å². The highest BCUT2D eigenvalue weighted by Gasteiger charge is 2.03. The van der Waals surface area contributed by atoms with Gasteiger partial charge in [0.05, 0.1) is 0 Å². The first kappa shape index (κ1) is 12.7. The van der Waals surface area contributed by atoms with E-state index in [4.69, 9.17) is 0 Å². The molecule has 13 heavy (non-hydrogen) atoms. The fraction of sp³-hybridized carbons (Fsp3) is 0.833. The van der Waals surface area contributed by atoms with Crippen molar-refractivity contribution in [3.8, 4) is 0 Å². The lowest BCUT2D eigenvalue weighted by Gasteiger charge is -2.16. The Balaban J connectivity index is 3.41. The molecule has 0 saturated heterocycles. The summed E-state index contributed by atoms with van der Waals surface area (Å²) in [5.41, 5.74) is 1.31. The first-order valence-corrected chi connectivity index (χ1v) is 5.58. The van der Waals surface area contributed by atoms with Crippen molar-refractivity contribution in [1.29, 1.82) is 0 Å². The smallest absolute Gasteiger partial charge is 0.00645 e. The van der Waals surface area contributed by atoms with Crippen LogP contribution in [0.15, 0.2) is 12.2 Å². The van der Waals surface area contributed by atoms with Gasteiger partial charge in [-0.05, 0) is 45.6 Å². The molecule has 1 nitrogen and oxygen atoms in total. The lowest BCUT2D eigenvalue weighted by molar-refractivity contribution is 0.455. The van der Waals surface area contributed by atoms with Crippen molar-refractivity contribution < 1.29 is 0 Å². The average Bonchev–Trinajstić information content (AvgIpc) is 2.10. The fourth-order valence-electron chi connectivity index (χ4n) is 1.45. The van der Waals surface area contributed by atoms with Crippen molar-refractivity contribution >= 4 is 0 Å². The first-order valence-electron chi connectivity index (χ1n) is 5.58. The van der Waals surface area contributed by atoms with Crippen LogP contribution < -0.4 is 5.32 Å². The van der Waals surface area contributed by atoms with E-state index in [9.17, 15) is 0 Å². The number of rotatable bonds is 8. The van der Waals surface area contributed by atoms with E-state index in [1.165, 1.54) is 37.7 Å². The lowest BCUT2D eigenvalue weighted by Crippen LogP contribution is -2.28. The molecule has 78 valence electrons. The third-order valence-corrected chi connectivity index (χ3v) is 2.33. The number of nitrogens with one attached hydrogen (secondary N) is 1. The highest BCUT2D eigenvalue weighted by molar-refractivity contribution is 4.87. The van der Waals surface area contributed by atoms with Crippen LogP contribution in [0.25, 0.3) is 0 Å². The molecule has 0 aromatic rings. The molecule has 0 saturated carbocycles. The Morgan fingerprint density at radius 1 is 1.38 bits per heavy atom. The van der Waals surface area contributed by atoms with Crippen LogP contribution in [-0.2, 0) is 0 Å². The largest absolute Gasteiger partial charge is 0.314 e. The van der Waals surface area contributed by atoms with Crippen LogP contribution in [0.3, 0.4) is 0 Å². The summed E-state index contributed by atoms with van der Waals surface area (Å²) in [7, 11) is 0. The number of allylic oxidation sites excluding steroid dienone is 1. The second-order valence-corrected chi connectivity index (χ2v) is 3.91. The molecule has 0 aromatic carbocycles. The monoisotopic (exact) mass is 183 g/mol. The molecular formula is C12H25N. The van der Waals surface area contributed by atoms with Crippen LogP contribution >= 0.6 is 0 Å². The second-order valence-electron chi connectivity index (χ2n) is 3.91. The third kappa shape index (κ3) is 8.04. The molecule has 1 atom stereocenters. The Morgan fingerprint density at radius 2 is 2.08 bits per heavy atom. The molecule has 0 radical (unpaired) electrons. The van der Waals surface area contributed by atoms with Crippen molar-refractivity contribution in [2.24, 2.45) is 0 Å². The Morgan fingerprint density at radius 3 is 2.54 bits per heavy atom. The van der Waals surface area contributed by atoms with E-state index in [1.54, 1.807) is 0 Å². The van der Waals surface area contributed by atoms with Crippen LogP contribution in [0.5, 0.6) is 0 Å². The van der Waals surface area contributed by atoms with Crippen LogP contribution in [0.1, 0.15) is 52.9 Å². The predicted molar refractivity (Wildman–Crippen MR) is 61.0 cm³/mol. The van der Waals surface area contributed by atoms with E-state index in [0.717, 1.165) is 12.6 Å². The highest BCUT2D eigenvalue weighted by atomic mass is 14.9. The van der Waals surface area contributed by atoms with Crippen molar-refractivity contribution in [3.63, 3.8) is 0 Å². The molecular weight excluding hydrogens is 158 g/mol. The summed E-state index contributed by atoms with van der Waals surface area (Å²) in [6.07, 6.45) is 6.24. The van der Waals surface area contributed by atoms with E-state index in [2.05, 4.69) is 32.7 Å².